The molecule has 0 atom stereocenters. The molecule has 0 aromatic heterocycles. The van der Waals surface area contributed by atoms with Gasteiger partial charge in [-0.25, -0.2) is 0 Å². The van der Waals surface area contributed by atoms with Gasteiger partial charge in [-0.15, -0.1) is 0 Å². The monoisotopic (exact) mass is 469 g/mol. The molecule has 0 unspecified atom stereocenters. The van der Waals surface area contributed by atoms with Crippen molar-refractivity contribution in [2.24, 2.45) is 5.41 Å². The highest BCUT2D eigenvalue weighted by atomic mass is 32.9. The number of hydrogen-bond donors (Lipinski definition) is 0. The summed E-state index contributed by atoms with van der Waals surface area (Å²) in [5.74, 6) is 0.377. The average molecular weight is 470 g/mol. The Kier molecular flexibility index (Phi) is 10.6. The van der Waals surface area contributed by atoms with Gasteiger partial charge < -0.3 is 18.5 Å². The van der Waals surface area contributed by atoms with Crippen molar-refractivity contribution in [3.8, 4) is 0 Å². The van der Waals surface area contributed by atoms with Gasteiger partial charge in [-0.05, 0) is 80.2 Å². The van der Waals surface area contributed by atoms with Crippen molar-refractivity contribution in [1.29, 1.82) is 0 Å². The molecule has 1 heterocycles. The van der Waals surface area contributed by atoms with Gasteiger partial charge in [0.05, 0.1) is 29.8 Å². The van der Waals surface area contributed by atoms with Crippen LogP contribution in [0, 0.1) is 5.41 Å². The van der Waals surface area contributed by atoms with E-state index >= 15 is 0 Å². The summed E-state index contributed by atoms with van der Waals surface area (Å²) in [5.41, 5.74) is -3.87. The molecule has 6 nitrogen and oxygen atoms in total. The van der Waals surface area contributed by atoms with Gasteiger partial charge in [0.1, 0.15) is 6.61 Å². The topological polar surface area (TPSA) is 57.2 Å². The second-order valence-electron chi connectivity index (χ2n) is 9.91. The van der Waals surface area contributed by atoms with Crippen LogP contribution in [0.2, 0.25) is 0 Å². The quantitative estimate of drug-likeness (QED) is 0.255. The first-order chi connectivity index (χ1) is 13.1. The Labute approximate surface area is 186 Å². The Bertz CT molecular complexity index is 546. The Morgan fingerprint density at radius 1 is 1.03 bits per heavy atom. The van der Waals surface area contributed by atoms with Crippen LogP contribution < -0.4 is 0 Å². The molecule has 0 spiro atoms. The maximum Gasteiger partial charge on any atom is 0.311 e. The van der Waals surface area contributed by atoms with Crippen LogP contribution in [-0.2, 0) is 35.1 Å². The first-order valence-corrected chi connectivity index (χ1v) is 14.5. The fourth-order valence-electron chi connectivity index (χ4n) is 2.59. The molecule has 0 amide bonds. The standard InChI is InChI=1S/C20H40NO5PS2/c1-18(2,3)25-27(28,26-19(4,5)6)29-16-15-24-17(22)20(7,8)9-10-21-11-13-23-14-12-21/h9-16H2,1-8H3. The van der Waals surface area contributed by atoms with E-state index in [4.69, 9.17) is 30.3 Å². The highest BCUT2D eigenvalue weighted by molar-refractivity contribution is 8.67. The van der Waals surface area contributed by atoms with E-state index < -0.39 is 22.3 Å². The second kappa shape index (κ2) is 11.3. The van der Waals surface area contributed by atoms with Gasteiger partial charge >= 0.3 is 5.97 Å². The summed E-state index contributed by atoms with van der Waals surface area (Å²) in [7, 11) is 0. The van der Waals surface area contributed by atoms with Crippen LogP contribution in [-0.4, -0.2) is 67.3 Å². The molecule has 1 aliphatic rings. The Balaban J connectivity index is 2.47. The number of hydrogen-bond acceptors (Lipinski definition) is 8. The number of carbonyl (C=O) groups excluding carboxylic acids is 1. The van der Waals surface area contributed by atoms with Crippen LogP contribution in [0.1, 0.15) is 61.8 Å². The van der Waals surface area contributed by atoms with Crippen molar-refractivity contribution in [2.45, 2.75) is 73.0 Å². The first-order valence-electron chi connectivity index (χ1n) is 10.3. The maximum atomic E-state index is 12.6. The molecule has 29 heavy (non-hydrogen) atoms. The molecule has 0 saturated carbocycles. The number of morpholine rings is 1. The molecule has 0 bridgehead atoms. The zero-order valence-corrected chi connectivity index (χ0v) is 21.9. The van der Waals surface area contributed by atoms with E-state index in [1.165, 1.54) is 11.4 Å². The van der Waals surface area contributed by atoms with Crippen LogP contribution in [0.3, 0.4) is 0 Å². The van der Waals surface area contributed by atoms with Crippen LogP contribution in [0.15, 0.2) is 0 Å². The zero-order valence-electron chi connectivity index (χ0n) is 19.4. The predicted molar refractivity (Wildman–Crippen MR) is 125 cm³/mol. The van der Waals surface area contributed by atoms with Crippen molar-refractivity contribution in [2.75, 3.05) is 45.2 Å². The molecule has 1 saturated heterocycles. The van der Waals surface area contributed by atoms with Crippen LogP contribution in [0.25, 0.3) is 0 Å². The molecule has 1 aliphatic heterocycles. The van der Waals surface area contributed by atoms with Crippen molar-refractivity contribution in [3.05, 3.63) is 0 Å². The molecule has 9 heteroatoms. The van der Waals surface area contributed by atoms with E-state index in [-0.39, 0.29) is 5.97 Å². The Hall–Kier alpha value is 0.310. The lowest BCUT2D eigenvalue weighted by atomic mass is 9.89. The van der Waals surface area contributed by atoms with E-state index in [2.05, 4.69) is 4.90 Å². The van der Waals surface area contributed by atoms with Gasteiger partial charge in [-0.3, -0.25) is 9.69 Å². The molecular formula is C20H40NO5PS2. The van der Waals surface area contributed by atoms with Crippen LogP contribution in [0.5, 0.6) is 0 Å². The van der Waals surface area contributed by atoms with Crippen molar-refractivity contribution in [3.63, 3.8) is 0 Å². The van der Waals surface area contributed by atoms with Crippen LogP contribution in [0.4, 0.5) is 0 Å². The van der Waals surface area contributed by atoms with E-state index in [1.807, 2.05) is 55.4 Å². The SMILES string of the molecule is CC(C)(C)OP(=S)(OC(C)(C)C)SCCOC(=O)C(C)(C)CCN1CCOCC1. The largest absolute Gasteiger partial charge is 0.464 e. The molecule has 0 aromatic carbocycles. The molecule has 0 aromatic rings. The normalized spacial score (nSPS) is 17.4. The summed E-state index contributed by atoms with van der Waals surface area (Å²) in [6.07, 6.45) is 0.761. The molecule has 1 rings (SSSR count). The molecular weight excluding hydrogens is 429 g/mol. The molecule has 0 aliphatic carbocycles. The molecule has 172 valence electrons. The van der Waals surface area contributed by atoms with Gasteiger partial charge in [0.25, 0.3) is 0 Å². The van der Waals surface area contributed by atoms with Gasteiger partial charge in [-0.2, -0.15) is 0 Å². The van der Waals surface area contributed by atoms with Gasteiger partial charge in [0, 0.05) is 18.8 Å². The minimum Gasteiger partial charge on any atom is -0.464 e. The summed E-state index contributed by atoms with van der Waals surface area (Å²) >= 11 is 7.19. The number of ether oxygens (including phenoxy) is 2. The first kappa shape index (κ1) is 27.3. The van der Waals surface area contributed by atoms with Crippen molar-refractivity contribution >= 4 is 34.9 Å². The van der Waals surface area contributed by atoms with Crippen molar-refractivity contribution in [1.82, 2.24) is 4.90 Å². The lowest BCUT2D eigenvalue weighted by molar-refractivity contribution is -0.153. The Morgan fingerprint density at radius 2 is 1.55 bits per heavy atom. The van der Waals surface area contributed by atoms with Gasteiger partial charge in [0.15, 0.2) is 0 Å². The van der Waals surface area contributed by atoms with E-state index in [1.54, 1.807) is 0 Å². The summed E-state index contributed by atoms with van der Waals surface area (Å²) in [6.45, 7) is 20.3. The number of nitrogens with zero attached hydrogens (tertiary/aromatic N) is 1. The lowest BCUT2D eigenvalue weighted by Crippen LogP contribution is -2.39. The Morgan fingerprint density at radius 3 is 2.03 bits per heavy atom. The molecule has 0 radical (unpaired) electrons. The van der Waals surface area contributed by atoms with Gasteiger partial charge in [0.2, 0.25) is 5.69 Å². The smallest absolute Gasteiger partial charge is 0.311 e. The third kappa shape index (κ3) is 12.1. The third-order valence-electron chi connectivity index (χ3n) is 4.05. The van der Waals surface area contributed by atoms with E-state index in [0.29, 0.717) is 12.4 Å². The minimum atomic E-state index is -2.55. The zero-order chi connectivity index (χ0) is 22.3. The fourth-order valence-corrected chi connectivity index (χ4v) is 9.02. The number of rotatable bonds is 10. The summed E-state index contributed by atoms with van der Waals surface area (Å²) in [6, 6.07) is 0. The van der Waals surface area contributed by atoms with E-state index in [0.717, 1.165) is 39.3 Å². The maximum absolute atomic E-state index is 12.6. The van der Waals surface area contributed by atoms with Gasteiger partial charge in [-0.1, -0.05) is 11.4 Å². The predicted octanol–water partition coefficient (Wildman–Crippen LogP) is 4.87. The number of esters is 1. The molecule has 1 fully saturated rings. The lowest BCUT2D eigenvalue weighted by Gasteiger charge is -2.34. The third-order valence-corrected chi connectivity index (χ3v) is 9.59. The number of carbonyl (C=O) groups is 1. The average Bonchev–Trinajstić information content (AvgIpc) is 2.54. The highest BCUT2D eigenvalue weighted by Crippen LogP contribution is 2.64. The minimum absolute atomic E-state index is 0.173. The molecule has 0 N–H and O–H groups in total. The van der Waals surface area contributed by atoms with Crippen molar-refractivity contribution < 1.29 is 23.3 Å². The summed E-state index contributed by atoms with van der Waals surface area (Å²) in [4.78, 5) is 14.9. The summed E-state index contributed by atoms with van der Waals surface area (Å²) in [5, 5.41) is 0. The highest BCUT2D eigenvalue weighted by Gasteiger charge is 2.33. The second-order valence-corrected chi connectivity index (χ2v) is 16.2. The summed E-state index contributed by atoms with van der Waals surface area (Å²) < 4.78 is 23.1. The van der Waals surface area contributed by atoms with E-state index in [9.17, 15) is 4.79 Å². The fraction of sp³-hybridized carbons (Fsp3) is 0.950. The van der Waals surface area contributed by atoms with Crippen LogP contribution >= 0.6 is 17.1 Å².